The predicted octanol–water partition coefficient (Wildman–Crippen LogP) is 2.35. The fourth-order valence-corrected chi connectivity index (χ4v) is 2.65. The monoisotopic (exact) mass is 290 g/mol. The molecule has 1 aromatic rings. The van der Waals surface area contributed by atoms with Crippen molar-refractivity contribution in [3.8, 4) is 0 Å². The summed E-state index contributed by atoms with van der Waals surface area (Å²) in [5.41, 5.74) is 2.05. The maximum Gasteiger partial charge on any atom is 0.326 e. The Balaban J connectivity index is 2.20. The molecule has 0 fully saturated rings. The van der Waals surface area contributed by atoms with E-state index in [4.69, 9.17) is 0 Å². The lowest BCUT2D eigenvalue weighted by Crippen LogP contribution is -2.52. The van der Waals surface area contributed by atoms with Gasteiger partial charge in [0.1, 0.15) is 6.04 Å². The molecule has 1 atom stereocenters. The van der Waals surface area contributed by atoms with Gasteiger partial charge in [-0.2, -0.15) is 0 Å². The molecule has 0 saturated carbocycles. The fraction of sp³-hybridized carbons (Fsp3) is 0.500. The van der Waals surface area contributed by atoms with Gasteiger partial charge in [-0.05, 0) is 17.5 Å². The smallest absolute Gasteiger partial charge is 0.326 e. The van der Waals surface area contributed by atoms with E-state index in [2.05, 4.69) is 6.92 Å². The molecule has 1 aromatic carbocycles. The second-order valence-electron chi connectivity index (χ2n) is 5.51. The van der Waals surface area contributed by atoms with E-state index in [1.807, 2.05) is 24.3 Å². The largest absolute Gasteiger partial charge is 0.480 e. The standard InChI is InChI=1S/C16H22N2O3/c1-3-4-9-17(2)16(21)18-11-13-8-6-5-7-12(13)10-14(18)15(19)20/h5-8,14H,3-4,9-11H2,1-2H3,(H,19,20). The molecule has 0 bridgehead atoms. The molecule has 0 aliphatic carbocycles. The van der Waals surface area contributed by atoms with Crippen LogP contribution in [0.25, 0.3) is 0 Å². The van der Waals surface area contributed by atoms with E-state index in [1.165, 1.54) is 4.90 Å². The molecule has 0 spiro atoms. The second kappa shape index (κ2) is 6.61. The molecule has 0 radical (unpaired) electrons. The SMILES string of the molecule is CCCCN(C)C(=O)N1Cc2ccccc2CC1C(=O)O. The normalized spacial score (nSPS) is 17.2. The van der Waals surface area contributed by atoms with E-state index in [0.717, 1.165) is 24.0 Å². The third-order valence-electron chi connectivity index (χ3n) is 3.95. The van der Waals surface area contributed by atoms with Crippen LogP contribution < -0.4 is 0 Å². The third-order valence-corrected chi connectivity index (χ3v) is 3.95. The number of hydrogen-bond acceptors (Lipinski definition) is 2. The molecule has 0 saturated heterocycles. The Morgan fingerprint density at radius 2 is 2.00 bits per heavy atom. The van der Waals surface area contributed by atoms with Crippen LogP contribution in [0.15, 0.2) is 24.3 Å². The van der Waals surface area contributed by atoms with Gasteiger partial charge in [0, 0.05) is 26.6 Å². The van der Waals surface area contributed by atoms with Crippen molar-refractivity contribution >= 4 is 12.0 Å². The van der Waals surface area contributed by atoms with Crippen molar-refractivity contribution < 1.29 is 14.7 Å². The zero-order chi connectivity index (χ0) is 15.4. The van der Waals surface area contributed by atoms with Crippen LogP contribution in [0.5, 0.6) is 0 Å². The van der Waals surface area contributed by atoms with Gasteiger partial charge in [0.2, 0.25) is 0 Å². The number of aliphatic carboxylic acids is 1. The van der Waals surface area contributed by atoms with Gasteiger partial charge in [-0.1, -0.05) is 37.6 Å². The Morgan fingerprint density at radius 3 is 2.62 bits per heavy atom. The highest BCUT2D eigenvalue weighted by molar-refractivity contribution is 5.83. The Morgan fingerprint density at radius 1 is 1.33 bits per heavy atom. The predicted molar refractivity (Wildman–Crippen MR) is 80.0 cm³/mol. The lowest BCUT2D eigenvalue weighted by molar-refractivity contribution is -0.142. The molecule has 0 aromatic heterocycles. The number of carbonyl (C=O) groups is 2. The van der Waals surface area contributed by atoms with Gasteiger partial charge >= 0.3 is 12.0 Å². The van der Waals surface area contributed by atoms with Crippen LogP contribution in [0.2, 0.25) is 0 Å². The van der Waals surface area contributed by atoms with Crippen molar-refractivity contribution in [3.05, 3.63) is 35.4 Å². The number of carboxylic acid groups (broad SMARTS) is 1. The van der Waals surface area contributed by atoms with Gasteiger partial charge in [-0.25, -0.2) is 9.59 Å². The highest BCUT2D eigenvalue weighted by Crippen LogP contribution is 2.24. The average molecular weight is 290 g/mol. The van der Waals surface area contributed by atoms with E-state index in [-0.39, 0.29) is 6.03 Å². The van der Waals surface area contributed by atoms with Gasteiger partial charge in [-0.3, -0.25) is 0 Å². The van der Waals surface area contributed by atoms with E-state index in [9.17, 15) is 14.7 Å². The molecule has 21 heavy (non-hydrogen) atoms. The van der Waals surface area contributed by atoms with Gasteiger partial charge in [0.25, 0.3) is 0 Å². The first kappa shape index (κ1) is 15.4. The minimum absolute atomic E-state index is 0.203. The van der Waals surface area contributed by atoms with Crippen LogP contribution in [0.1, 0.15) is 30.9 Å². The Hall–Kier alpha value is -2.04. The number of carboxylic acids is 1. The molecule has 2 rings (SSSR count). The van der Waals surface area contributed by atoms with Crippen molar-refractivity contribution in [2.75, 3.05) is 13.6 Å². The molecule has 114 valence electrons. The lowest BCUT2D eigenvalue weighted by atomic mass is 9.94. The first-order valence-corrected chi connectivity index (χ1v) is 7.36. The van der Waals surface area contributed by atoms with E-state index in [1.54, 1.807) is 11.9 Å². The summed E-state index contributed by atoms with van der Waals surface area (Å²) in [6.07, 6.45) is 2.30. The number of rotatable bonds is 4. The number of nitrogens with zero attached hydrogens (tertiary/aromatic N) is 2. The minimum atomic E-state index is -0.943. The number of benzene rings is 1. The summed E-state index contributed by atoms with van der Waals surface area (Å²) in [6, 6.07) is 6.74. The van der Waals surface area contributed by atoms with Crippen molar-refractivity contribution in [1.82, 2.24) is 9.80 Å². The zero-order valence-electron chi connectivity index (χ0n) is 12.6. The summed E-state index contributed by atoms with van der Waals surface area (Å²) < 4.78 is 0. The number of unbranched alkanes of at least 4 members (excludes halogenated alkanes) is 1. The summed E-state index contributed by atoms with van der Waals surface area (Å²) in [7, 11) is 1.73. The molecule has 1 unspecified atom stereocenters. The van der Waals surface area contributed by atoms with Crippen molar-refractivity contribution in [1.29, 1.82) is 0 Å². The summed E-state index contributed by atoms with van der Waals surface area (Å²) in [5, 5.41) is 9.43. The molecule has 1 heterocycles. The van der Waals surface area contributed by atoms with Crippen molar-refractivity contribution in [3.63, 3.8) is 0 Å². The van der Waals surface area contributed by atoms with Crippen LogP contribution in [0, 0.1) is 0 Å². The number of hydrogen-bond donors (Lipinski definition) is 1. The summed E-state index contributed by atoms with van der Waals surface area (Å²) >= 11 is 0. The van der Waals surface area contributed by atoms with Crippen LogP contribution in [-0.4, -0.2) is 46.5 Å². The van der Waals surface area contributed by atoms with E-state index >= 15 is 0 Å². The molecule has 1 N–H and O–H groups in total. The second-order valence-corrected chi connectivity index (χ2v) is 5.51. The molecule has 1 aliphatic heterocycles. The van der Waals surface area contributed by atoms with E-state index in [0.29, 0.717) is 19.5 Å². The molecular weight excluding hydrogens is 268 g/mol. The quantitative estimate of drug-likeness (QED) is 0.926. The van der Waals surface area contributed by atoms with Gasteiger partial charge in [0.15, 0.2) is 0 Å². The fourth-order valence-electron chi connectivity index (χ4n) is 2.65. The molecule has 1 aliphatic rings. The third kappa shape index (κ3) is 3.35. The highest BCUT2D eigenvalue weighted by atomic mass is 16.4. The topological polar surface area (TPSA) is 60.9 Å². The summed E-state index contributed by atoms with van der Waals surface area (Å²) in [6.45, 7) is 3.08. The molecule has 5 nitrogen and oxygen atoms in total. The number of urea groups is 1. The Bertz CT molecular complexity index is 530. The van der Waals surface area contributed by atoms with Crippen molar-refractivity contribution in [2.45, 2.75) is 38.8 Å². The number of carbonyl (C=O) groups excluding carboxylic acids is 1. The first-order chi connectivity index (χ1) is 10.0. The van der Waals surface area contributed by atoms with Gasteiger partial charge < -0.3 is 14.9 Å². The van der Waals surface area contributed by atoms with Crippen molar-refractivity contribution in [2.24, 2.45) is 0 Å². The highest BCUT2D eigenvalue weighted by Gasteiger charge is 2.35. The first-order valence-electron chi connectivity index (χ1n) is 7.36. The van der Waals surface area contributed by atoms with Crippen LogP contribution in [0.4, 0.5) is 4.79 Å². The maximum atomic E-state index is 12.5. The molecular formula is C16H22N2O3. The maximum absolute atomic E-state index is 12.5. The average Bonchev–Trinajstić information content (AvgIpc) is 2.50. The van der Waals surface area contributed by atoms with Gasteiger partial charge in [0.05, 0.1) is 0 Å². The number of fused-ring (bicyclic) bond motifs is 1. The molecule has 5 heteroatoms. The molecule has 2 amide bonds. The van der Waals surface area contributed by atoms with Gasteiger partial charge in [-0.15, -0.1) is 0 Å². The van der Waals surface area contributed by atoms with Crippen LogP contribution in [0.3, 0.4) is 0 Å². The Kier molecular flexibility index (Phi) is 4.83. The van der Waals surface area contributed by atoms with Crippen LogP contribution in [-0.2, 0) is 17.8 Å². The lowest BCUT2D eigenvalue weighted by Gasteiger charge is -2.36. The Labute approximate surface area is 125 Å². The minimum Gasteiger partial charge on any atom is -0.480 e. The summed E-state index contributed by atoms with van der Waals surface area (Å²) in [4.78, 5) is 27.1. The zero-order valence-corrected chi connectivity index (χ0v) is 12.6. The number of amides is 2. The summed E-state index contributed by atoms with van der Waals surface area (Å²) in [5.74, 6) is -0.943. The van der Waals surface area contributed by atoms with Crippen LogP contribution >= 0.6 is 0 Å². The van der Waals surface area contributed by atoms with E-state index < -0.39 is 12.0 Å².